The molecule has 0 aliphatic carbocycles. The van der Waals surface area contributed by atoms with Gasteiger partial charge in [0.05, 0.1) is 6.42 Å². The summed E-state index contributed by atoms with van der Waals surface area (Å²) in [6.45, 7) is 0. The van der Waals surface area contributed by atoms with Crippen LogP contribution in [0.5, 0.6) is 5.75 Å². The molecule has 0 spiro atoms. The lowest BCUT2D eigenvalue weighted by molar-refractivity contribution is -0.274. The molecule has 2 rings (SSSR count). The molecule has 0 amide bonds. The van der Waals surface area contributed by atoms with E-state index in [1.54, 1.807) is 12.1 Å². The Balaban J connectivity index is 2.30. The molecule has 3 nitrogen and oxygen atoms in total. The molecule has 116 valence electrons. The molecule has 0 radical (unpaired) electrons. The zero-order valence-corrected chi connectivity index (χ0v) is 11.8. The molecule has 2 aromatic rings. The van der Waals surface area contributed by atoms with Crippen molar-refractivity contribution in [1.29, 1.82) is 0 Å². The lowest BCUT2D eigenvalue weighted by Gasteiger charge is -2.11. The zero-order chi connectivity index (χ0) is 16.3. The molecule has 0 aromatic heterocycles. The Bertz CT molecular complexity index is 699. The largest absolute Gasteiger partial charge is 0.573 e. The first-order valence-electron chi connectivity index (χ1n) is 6.11. The van der Waals surface area contributed by atoms with E-state index in [0.717, 1.165) is 0 Å². The maximum absolute atomic E-state index is 12.2. The first kappa shape index (κ1) is 16.2. The number of hydrogen-bond donors (Lipinski definition) is 1. The smallest absolute Gasteiger partial charge is 0.481 e. The van der Waals surface area contributed by atoms with E-state index in [2.05, 4.69) is 4.74 Å². The van der Waals surface area contributed by atoms with E-state index < -0.39 is 12.3 Å². The fourth-order valence-electron chi connectivity index (χ4n) is 1.91. The second-order valence-corrected chi connectivity index (χ2v) is 4.86. The van der Waals surface area contributed by atoms with Gasteiger partial charge in [-0.1, -0.05) is 35.9 Å². The van der Waals surface area contributed by atoms with E-state index >= 15 is 0 Å². The monoisotopic (exact) mass is 330 g/mol. The number of carbonyl (C=O) groups is 1. The molecule has 0 saturated carbocycles. The molecule has 0 unspecified atom stereocenters. The number of hydrogen-bond acceptors (Lipinski definition) is 2. The number of rotatable bonds is 4. The van der Waals surface area contributed by atoms with Gasteiger partial charge in [0.1, 0.15) is 5.75 Å². The Morgan fingerprint density at radius 1 is 1.14 bits per heavy atom. The number of ether oxygens (including phenoxy) is 1. The fraction of sp³-hybridized carbons (Fsp3) is 0.133. The summed E-state index contributed by atoms with van der Waals surface area (Å²) in [6, 6.07) is 10.1. The molecule has 22 heavy (non-hydrogen) atoms. The van der Waals surface area contributed by atoms with E-state index in [1.807, 2.05) is 0 Å². The highest BCUT2D eigenvalue weighted by Crippen LogP contribution is 2.30. The summed E-state index contributed by atoms with van der Waals surface area (Å²) in [7, 11) is 0. The van der Waals surface area contributed by atoms with Gasteiger partial charge in [-0.2, -0.15) is 0 Å². The van der Waals surface area contributed by atoms with Crippen molar-refractivity contribution in [3.8, 4) is 16.9 Å². The first-order valence-corrected chi connectivity index (χ1v) is 6.49. The highest BCUT2D eigenvalue weighted by Gasteiger charge is 2.31. The van der Waals surface area contributed by atoms with Crippen molar-refractivity contribution in [2.45, 2.75) is 12.8 Å². The summed E-state index contributed by atoms with van der Waals surface area (Å²) in [4.78, 5) is 10.7. The van der Waals surface area contributed by atoms with E-state index in [4.69, 9.17) is 16.7 Å². The maximum atomic E-state index is 12.2. The Hall–Kier alpha value is -2.21. The van der Waals surface area contributed by atoms with Crippen LogP contribution in [0.15, 0.2) is 42.5 Å². The number of carboxylic acids is 1. The summed E-state index contributed by atoms with van der Waals surface area (Å²) in [6.07, 6.45) is -4.99. The maximum Gasteiger partial charge on any atom is 0.573 e. The molecular formula is C15H10ClF3O3. The minimum atomic E-state index is -4.76. The summed E-state index contributed by atoms with van der Waals surface area (Å²) in [5, 5.41) is 8.98. The molecule has 0 aliphatic heterocycles. The van der Waals surface area contributed by atoms with Crippen LogP contribution in [0.1, 0.15) is 5.56 Å². The lowest BCUT2D eigenvalue weighted by atomic mass is 10.0. The van der Waals surface area contributed by atoms with Crippen LogP contribution in [0.4, 0.5) is 13.2 Å². The molecule has 0 saturated heterocycles. The third-order valence-corrected chi connectivity index (χ3v) is 3.15. The topological polar surface area (TPSA) is 46.5 Å². The Morgan fingerprint density at radius 2 is 1.82 bits per heavy atom. The number of carboxylic acid groups (broad SMARTS) is 1. The van der Waals surface area contributed by atoms with Gasteiger partial charge in [-0.15, -0.1) is 13.2 Å². The molecular weight excluding hydrogens is 321 g/mol. The van der Waals surface area contributed by atoms with Gasteiger partial charge in [0.25, 0.3) is 0 Å². The quantitative estimate of drug-likeness (QED) is 0.895. The van der Waals surface area contributed by atoms with Crippen LogP contribution >= 0.6 is 11.6 Å². The summed E-state index contributed by atoms with van der Waals surface area (Å²) in [5.41, 5.74) is 1.47. The van der Waals surface area contributed by atoms with E-state index in [-0.39, 0.29) is 17.2 Å². The Kier molecular flexibility index (Phi) is 4.61. The Labute approximate surface area is 128 Å². The van der Waals surface area contributed by atoms with Gasteiger partial charge < -0.3 is 9.84 Å². The summed E-state index contributed by atoms with van der Waals surface area (Å²) < 4.78 is 40.5. The normalized spacial score (nSPS) is 11.3. The van der Waals surface area contributed by atoms with Gasteiger partial charge in [0, 0.05) is 5.02 Å². The molecule has 0 heterocycles. The van der Waals surface area contributed by atoms with Gasteiger partial charge in [0.2, 0.25) is 0 Å². The van der Waals surface area contributed by atoms with Crippen LogP contribution < -0.4 is 4.74 Å². The predicted molar refractivity (Wildman–Crippen MR) is 74.9 cm³/mol. The van der Waals surface area contributed by atoms with Crippen molar-refractivity contribution in [2.75, 3.05) is 0 Å². The number of alkyl halides is 3. The van der Waals surface area contributed by atoms with Crippen molar-refractivity contribution in [2.24, 2.45) is 0 Å². The molecule has 2 aromatic carbocycles. The SMILES string of the molecule is O=C(O)Cc1ccc(-c2cccc(OC(F)(F)F)c2)cc1Cl. The first-order chi connectivity index (χ1) is 10.2. The molecule has 1 N–H and O–H groups in total. The van der Waals surface area contributed by atoms with Gasteiger partial charge in [-0.3, -0.25) is 4.79 Å². The number of aliphatic carboxylic acids is 1. The minimum absolute atomic E-state index is 0.226. The third kappa shape index (κ3) is 4.39. The molecule has 0 atom stereocenters. The van der Waals surface area contributed by atoms with E-state index in [0.29, 0.717) is 16.7 Å². The summed E-state index contributed by atoms with van der Waals surface area (Å²) >= 11 is 6.00. The number of halogens is 4. The van der Waals surface area contributed by atoms with Crippen LogP contribution in [0, 0.1) is 0 Å². The predicted octanol–water partition coefficient (Wildman–Crippen LogP) is 4.53. The number of benzene rings is 2. The van der Waals surface area contributed by atoms with Gasteiger partial charge in [-0.05, 0) is 34.9 Å². The van der Waals surface area contributed by atoms with E-state index in [1.165, 1.54) is 30.3 Å². The van der Waals surface area contributed by atoms with Crippen molar-refractivity contribution < 1.29 is 27.8 Å². The second kappa shape index (κ2) is 6.27. The molecule has 0 aliphatic rings. The highest BCUT2D eigenvalue weighted by atomic mass is 35.5. The third-order valence-electron chi connectivity index (χ3n) is 2.80. The summed E-state index contributed by atoms with van der Waals surface area (Å²) in [5.74, 6) is -1.36. The molecule has 0 bridgehead atoms. The van der Waals surface area contributed by atoms with Crippen LogP contribution in [-0.2, 0) is 11.2 Å². The second-order valence-electron chi connectivity index (χ2n) is 4.45. The van der Waals surface area contributed by atoms with E-state index in [9.17, 15) is 18.0 Å². The lowest BCUT2D eigenvalue weighted by Crippen LogP contribution is -2.17. The van der Waals surface area contributed by atoms with Crippen molar-refractivity contribution in [1.82, 2.24) is 0 Å². The zero-order valence-electron chi connectivity index (χ0n) is 11.0. The molecule has 7 heteroatoms. The minimum Gasteiger partial charge on any atom is -0.481 e. The van der Waals surface area contributed by atoms with Crippen LogP contribution in [-0.4, -0.2) is 17.4 Å². The Morgan fingerprint density at radius 3 is 2.41 bits per heavy atom. The van der Waals surface area contributed by atoms with Crippen molar-refractivity contribution in [3.05, 3.63) is 53.1 Å². The van der Waals surface area contributed by atoms with Crippen LogP contribution in [0.3, 0.4) is 0 Å². The highest BCUT2D eigenvalue weighted by molar-refractivity contribution is 6.31. The molecule has 0 fully saturated rings. The van der Waals surface area contributed by atoms with Gasteiger partial charge >= 0.3 is 12.3 Å². The average Bonchev–Trinajstić information content (AvgIpc) is 2.39. The van der Waals surface area contributed by atoms with Gasteiger partial charge in [0.15, 0.2) is 0 Å². The van der Waals surface area contributed by atoms with Crippen LogP contribution in [0.2, 0.25) is 5.02 Å². The standard InChI is InChI=1S/C15H10ClF3O3/c16-13-7-10(4-5-11(13)8-14(20)21)9-2-1-3-12(6-9)22-15(17,18)19/h1-7H,8H2,(H,20,21). The average molecular weight is 331 g/mol. The van der Waals surface area contributed by atoms with Crippen molar-refractivity contribution >= 4 is 17.6 Å². The van der Waals surface area contributed by atoms with Crippen LogP contribution in [0.25, 0.3) is 11.1 Å². The van der Waals surface area contributed by atoms with Crippen molar-refractivity contribution in [3.63, 3.8) is 0 Å². The van der Waals surface area contributed by atoms with Gasteiger partial charge in [-0.25, -0.2) is 0 Å². The fourth-order valence-corrected chi connectivity index (χ4v) is 2.15.